The van der Waals surface area contributed by atoms with Crippen molar-refractivity contribution in [2.45, 2.75) is 43.4 Å². The van der Waals surface area contributed by atoms with Crippen LogP contribution in [-0.4, -0.2) is 53.3 Å². The Morgan fingerprint density at radius 2 is 1.94 bits per heavy atom. The van der Waals surface area contributed by atoms with E-state index in [4.69, 9.17) is 4.74 Å². The summed E-state index contributed by atoms with van der Waals surface area (Å²) in [6, 6.07) is 14.3. The SMILES string of the molecule is COC(=O)[C@@H]1Cc2c([nH]c3ccccc23)[C@H]2C[C@@H](NCCO)C[C@@H](c3ccc(F)cc3)N21. The maximum atomic E-state index is 13.7. The second-order valence-electron chi connectivity index (χ2n) is 8.68. The van der Waals surface area contributed by atoms with E-state index < -0.39 is 6.04 Å². The third-order valence-electron chi connectivity index (χ3n) is 6.95. The molecular weight excluding hydrogens is 409 g/mol. The van der Waals surface area contributed by atoms with Crippen LogP contribution in [0.15, 0.2) is 48.5 Å². The van der Waals surface area contributed by atoms with E-state index >= 15 is 0 Å². The van der Waals surface area contributed by atoms with Gasteiger partial charge in [-0.15, -0.1) is 0 Å². The van der Waals surface area contributed by atoms with E-state index in [1.54, 1.807) is 12.1 Å². The number of aliphatic hydroxyl groups is 1. The highest BCUT2D eigenvalue weighted by atomic mass is 19.1. The van der Waals surface area contributed by atoms with Crippen LogP contribution in [-0.2, 0) is 16.0 Å². The first kappa shape index (κ1) is 21.1. The molecule has 2 aliphatic heterocycles. The van der Waals surface area contributed by atoms with Crippen molar-refractivity contribution in [3.63, 3.8) is 0 Å². The van der Waals surface area contributed by atoms with E-state index in [-0.39, 0.29) is 36.5 Å². The Kier molecular flexibility index (Phi) is 5.71. The summed E-state index contributed by atoms with van der Waals surface area (Å²) in [7, 11) is 1.44. The van der Waals surface area contributed by atoms with Gasteiger partial charge in [0.2, 0.25) is 0 Å². The molecule has 5 rings (SSSR count). The molecule has 0 unspecified atom stereocenters. The van der Waals surface area contributed by atoms with Gasteiger partial charge in [0.15, 0.2) is 0 Å². The first-order chi connectivity index (χ1) is 15.6. The van der Waals surface area contributed by atoms with Crippen molar-refractivity contribution >= 4 is 16.9 Å². The fourth-order valence-electron chi connectivity index (χ4n) is 5.59. The fourth-order valence-corrected chi connectivity index (χ4v) is 5.59. The molecule has 1 saturated heterocycles. The standard InChI is InChI=1S/C25H28FN3O3/c1-32-25(31)23-14-19-18-4-2-3-5-20(18)28-24(19)22-13-17(27-10-11-30)12-21(29(22)23)15-6-8-16(26)9-7-15/h2-9,17,21-23,27-28,30H,10-14H2,1H3/t17-,21-,22+,23-/m0/s1. The van der Waals surface area contributed by atoms with Crippen molar-refractivity contribution in [1.29, 1.82) is 0 Å². The van der Waals surface area contributed by atoms with Gasteiger partial charge in [0.05, 0.1) is 19.8 Å². The number of para-hydroxylation sites is 1. The number of H-pyrrole nitrogens is 1. The van der Waals surface area contributed by atoms with Crippen molar-refractivity contribution in [2.75, 3.05) is 20.3 Å². The average Bonchev–Trinajstić information content (AvgIpc) is 3.20. The molecule has 7 heteroatoms. The predicted octanol–water partition coefficient (Wildman–Crippen LogP) is 3.23. The van der Waals surface area contributed by atoms with Gasteiger partial charge in [0.1, 0.15) is 11.9 Å². The van der Waals surface area contributed by atoms with Gasteiger partial charge in [-0.05, 0) is 42.2 Å². The van der Waals surface area contributed by atoms with Gasteiger partial charge in [-0.2, -0.15) is 0 Å². The summed E-state index contributed by atoms with van der Waals surface area (Å²) in [6.07, 6.45) is 2.12. The van der Waals surface area contributed by atoms with E-state index in [2.05, 4.69) is 27.3 Å². The minimum atomic E-state index is -0.425. The van der Waals surface area contributed by atoms with Crippen molar-refractivity contribution in [2.24, 2.45) is 0 Å². The molecular formula is C25H28FN3O3. The molecule has 2 aliphatic rings. The lowest BCUT2D eigenvalue weighted by atomic mass is 9.79. The quantitative estimate of drug-likeness (QED) is 0.535. The molecule has 32 heavy (non-hydrogen) atoms. The molecule has 6 nitrogen and oxygen atoms in total. The molecule has 0 spiro atoms. The van der Waals surface area contributed by atoms with Crippen molar-refractivity contribution in [1.82, 2.24) is 15.2 Å². The number of aromatic amines is 1. The van der Waals surface area contributed by atoms with Crippen LogP contribution in [0.4, 0.5) is 4.39 Å². The Balaban J connectivity index is 1.64. The number of methoxy groups -OCH3 is 1. The van der Waals surface area contributed by atoms with Gasteiger partial charge in [-0.3, -0.25) is 9.69 Å². The number of aliphatic hydroxyl groups excluding tert-OH is 1. The summed E-state index contributed by atoms with van der Waals surface area (Å²) < 4.78 is 18.9. The maximum absolute atomic E-state index is 13.7. The molecule has 0 aliphatic carbocycles. The molecule has 0 saturated carbocycles. The number of esters is 1. The number of carbonyl (C=O) groups excluding carboxylic acids is 1. The number of rotatable bonds is 5. The molecule has 2 aromatic carbocycles. The number of hydrogen-bond donors (Lipinski definition) is 3. The molecule has 3 aromatic rings. The summed E-state index contributed by atoms with van der Waals surface area (Å²) in [5.41, 5.74) is 4.33. The second kappa shape index (κ2) is 8.65. The number of piperidine rings is 1. The predicted molar refractivity (Wildman–Crippen MR) is 120 cm³/mol. The first-order valence-corrected chi connectivity index (χ1v) is 11.1. The third-order valence-corrected chi connectivity index (χ3v) is 6.95. The smallest absolute Gasteiger partial charge is 0.323 e. The van der Waals surface area contributed by atoms with E-state index in [0.29, 0.717) is 13.0 Å². The van der Waals surface area contributed by atoms with Gasteiger partial charge in [-0.25, -0.2) is 4.39 Å². The third kappa shape index (κ3) is 3.60. The Hall–Kier alpha value is -2.74. The molecule has 3 heterocycles. The van der Waals surface area contributed by atoms with Crippen LogP contribution in [0, 0.1) is 5.82 Å². The number of benzene rings is 2. The van der Waals surface area contributed by atoms with E-state index in [0.717, 1.165) is 40.6 Å². The molecule has 0 bridgehead atoms. The monoisotopic (exact) mass is 437 g/mol. The summed E-state index contributed by atoms with van der Waals surface area (Å²) in [4.78, 5) is 18.9. The Morgan fingerprint density at radius 3 is 2.69 bits per heavy atom. The van der Waals surface area contributed by atoms with E-state index in [9.17, 15) is 14.3 Å². The molecule has 0 radical (unpaired) electrons. The fraction of sp³-hybridized carbons (Fsp3) is 0.400. The van der Waals surface area contributed by atoms with Crippen LogP contribution in [0.25, 0.3) is 10.9 Å². The first-order valence-electron chi connectivity index (χ1n) is 11.1. The molecule has 3 N–H and O–H groups in total. The Labute approximate surface area is 186 Å². The van der Waals surface area contributed by atoms with E-state index in [1.165, 1.54) is 19.2 Å². The molecule has 1 aromatic heterocycles. The molecule has 1 fully saturated rings. The minimum absolute atomic E-state index is 0.0322. The van der Waals surface area contributed by atoms with Gasteiger partial charge in [0, 0.05) is 41.6 Å². The lowest BCUT2D eigenvalue weighted by Crippen LogP contribution is -2.55. The van der Waals surface area contributed by atoms with Crippen LogP contribution in [0.3, 0.4) is 0 Å². The summed E-state index contributed by atoms with van der Waals surface area (Å²) in [5, 5.41) is 14.0. The van der Waals surface area contributed by atoms with Crippen LogP contribution in [0.2, 0.25) is 0 Å². The summed E-state index contributed by atoms with van der Waals surface area (Å²) in [6.45, 7) is 0.571. The lowest BCUT2D eigenvalue weighted by Gasteiger charge is -2.50. The molecule has 4 atom stereocenters. The zero-order valence-corrected chi connectivity index (χ0v) is 18.1. The van der Waals surface area contributed by atoms with Crippen LogP contribution in [0.1, 0.15) is 41.7 Å². The minimum Gasteiger partial charge on any atom is -0.468 e. The highest BCUT2D eigenvalue weighted by Gasteiger charge is 2.48. The van der Waals surface area contributed by atoms with Crippen molar-refractivity contribution in [3.05, 3.63) is 71.2 Å². The molecule has 0 amide bonds. The van der Waals surface area contributed by atoms with Crippen molar-refractivity contribution in [3.8, 4) is 0 Å². The van der Waals surface area contributed by atoms with Crippen LogP contribution in [0.5, 0.6) is 0 Å². The number of hydrogen-bond acceptors (Lipinski definition) is 5. The van der Waals surface area contributed by atoms with Gasteiger partial charge < -0.3 is 20.1 Å². The maximum Gasteiger partial charge on any atom is 0.323 e. The number of nitrogens with zero attached hydrogens (tertiary/aromatic N) is 1. The number of halogens is 1. The van der Waals surface area contributed by atoms with Gasteiger partial charge in [-0.1, -0.05) is 30.3 Å². The van der Waals surface area contributed by atoms with Crippen LogP contribution < -0.4 is 5.32 Å². The average molecular weight is 438 g/mol. The number of aromatic nitrogens is 1. The molecule has 168 valence electrons. The number of ether oxygens (including phenoxy) is 1. The Morgan fingerprint density at radius 1 is 1.19 bits per heavy atom. The second-order valence-corrected chi connectivity index (χ2v) is 8.68. The highest BCUT2D eigenvalue weighted by Crippen LogP contribution is 2.48. The Bertz CT molecular complexity index is 1110. The highest BCUT2D eigenvalue weighted by molar-refractivity contribution is 5.87. The topological polar surface area (TPSA) is 77.6 Å². The summed E-state index contributed by atoms with van der Waals surface area (Å²) in [5.74, 6) is -0.531. The van der Waals surface area contributed by atoms with Gasteiger partial charge in [0.25, 0.3) is 0 Å². The zero-order valence-electron chi connectivity index (χ0n) is 18.1. The lowest BCUT2D eigenvalue weighted by molar-refractivity contribution is -0.152. The zero-order chi connectivity index (χ0) is 22.2. The van der Waals surface area contributed by atoms with Gasteiger partial charge >= 0.3 is 5.97 Å². The number of fused-ring (bicyclic) bond motifs is 5. The number of nitrogens with one attached hydrogen (secondary N) is 2. The normalized spacial score (nSPS) is 25.3. The summed E-state index contributed by atoms with van der Waals surface area (Å²) >= 11 is 0. The number of carbonyl (C=O) groups is 1. The largest absolute Gasteiger partial charge is 0.468 e. The van der Waals surface area contributed by atoms with Crippen LogP contribution >= 0.6 is 0 Å². The van der Waals surface area contributed by atoms with Crippen molar-refractivity contribution < 1.29 is 19.0 Å². The van der Waals surface area contributed by atoms with E-state index in [1.807, 2.05) is 12.1 Å².